The summed E-state index contributed by atoms with van der Waals surface area (Å²) in [6, 6.07) is 6.57. The van der Waals surface area contributed by atoms with Crippen molar-refractivity contribution < 1.29 is 0 Å². The van der Waals surface area contributed by atoms with Crippen LogP contribution in [0.1, 0.15) is 22.5 Å². The molecule has 0 aliphatic carbocycles. The predicted molar refractivity (Wildman–Crippen MR) is 73.5 cm³/mol. The van der Waals surface area contributed by atoms with Crippen LogP contribution in [0.2, 0.25) is 0 Å². The molecule has 3 heteroatoms. The third kappa shape index (κ3) is 3.01. The quantitative estimate of drug-likeness (QED) is 0.792. The topological polar surface area (TPSA) is 25.8 Å². The zero-order valence-electron chi connectivity index (χ0n) is 9.37. The van der Waals surface area contributed by atoms with Gasteiger partial charge in [-0.3, -0.25) is 9.97 Å². The summed E-state index contributed by atoms with van der Waals surface area (Å²) >= 11 is 2.34. The summed E-state index contributed by atoms with van der Waals surface area (Å²) in [5.41, 5.74) is 4.59. The van der Waals surface area contributed by atoms with E-state index in [2.05, 4.69) is 57.7 Å². The minimum Gasteiger partial charge on any atom is -0.261 e. The lowest BCUT2D eigenvalue weighted by Gasteiger charge is -2.04. The molecule has 0 saturated heterocycles. The van der Waals surface area contributed by atoms with Crippen molar-refractivity contribution in [2.24, 2.45) is 0 Å². The average Bonchev–Trinajstić information content (AvgIpc) is 2.15. The fraction of sp³-hybridized carbons (Fsp3) is 0.231. The van der Waals surface area contributed by atoms with Crippen LogP contribution in [0.4, 0.5) is 0 Å². The van der Waals surface area contributed by atoms with Crippen molar-refractivity contribution in [2.45, 2.75) is 20.3 Å². The van der Waals surface area contributed by atoms with Crippen LogP contribution >= 0.6 is 22.6 Å². The van der Waals surface area contributed by atoms with E-state index in [1.807, 2.05) is 13.1 Å². The number of aromatic nitrogens is 2. The Labute approximate surface area is 109 Å². The molecule has 2 rings (SSSR count). The number of benzene rings is 1. The molecule has 82 valence electrons. The van der Waals surface area contributed by atoms with E-state index in [-0.39, 0.29) is 0 Å². The molecule has 0 bridgehead atoms. The van der Waals surface area contributed by atoms with Gasteiger partial charge in [0.05, 0.1) is 11.4 Å². The molecule has 0 radical (unpaired) electrons. The molecular weight excluding hydrogens is 311 g/mol. The number of halogens is 1. The average molecular weight is 324 g/mol. The Bertz CT molecular complexity index is 489. The molecule has 0 unspecified atom stereocenters. The van der Waals surface area contributed by atoms with Gasteiger partial charge in [-0.1, -0.05) is 6.07 Å². The first-order valence-electron chi connectivity index (χ1n) is 5.17. The van der Waals surface area contributed by atoms with Gasteiger partial charge in [0, 0.05) is 22.4 Å². The zero-order valence-corrected chi connectivity index (χ0v) is 11.5. The van der Waals surface area contributed by atoms with Gasteiger partial charge in [-0.05, 0) is 59.7 Å². The maximum atomic E-state index is 4.46. The van der Waals surface area contributed by atoms with Crippen molar-refractivity contribution in [3.8, 4) is 0 Å². The van der Waals surface area contributed by atoms with Crippen LogP contribution < -0.4 is 0 Å². The van der Waals surface area contributed by atoms with E-state index < -0.39 is 0 Å². The second-order valence-corrected chi connectivity index (χ2v) is 5.21. The van der Waals surface area contributed by atoms with Crippen molar-refractivity contribution in [1.82, 2.24) is 9.97 Å². The maximum absolute atomic E-state index is 4.46. The van der Waals surface area contributed by atoms with E-state index in [9.17, 15) is 0 Å². The number of hydrogen-bond donors (Lipinski definition) is 0. The van der Waals surface area contributed by atoms with E-state index in [1.54, 1.807) is 6.20 Å². The number of rotatable bonds is 2. The maximum Gasteiger partial charge on any atom is 0.0633 e. The van der Waals surface area contributed by atoms with E-state index in [0.29, 0.717) is 0 Å². The van der Waals surface area contributed by atoms with Crippen molar-refractivity contribution in [3.63, 3.8) is 0 Å². The number of aryl methyl sites for hydroxylation is 2. The van der Waals surface area contributed by atoms with Gasteiger partial charge in [0.25, 0.3) is 0 Å². The molecule has 0 atom stereocenters. The number of nitrogens with zero attached hydrogens (tertiary/aromatic N) is 2. The summed E-state index contributed by atoms with van der Waals surface area (Å²) in [7, 11) is 0. The lowest BCUT2D eigenvalue weighted by atomic mass is 10.1. The molecule has 0 aliphatic rings. The first-order valence-corrected chi connectivity index (χ1v) is 6.25. The second kappa shape index (κ2) is 4.91. The minimum atomic E-state index is 0.854. The van der Waals surface area contributed by atoms with Gasteiger partial charge in [-0.15, -0.1) is 0 Å². The van der Waals surface area contributed by atoms with Gasteiger partial charge < -0.3 is 0 Å². The molecule has 0 N–H and O–H groups in total. The van der Waals surface area contributed by atoms with Crippen LogP contribution in [-0.4, -0.2) is 9.97 Å². The van der Waals surface area contributed by atoms with E-state index in [0.717, 1.165) is 17.8 Å². The predicted octanol–water partition coefficient (Wildman–Crippen LogP) is 3.29. The summed E-state index contributed by atoms with van der Waals surface area (Å²) in [5.74, 6) is 0. The van der Waals surface area contributed by atoms with Crippen molar-refractivity contribution in [1.29, 1.82) is 0 Å². The normalized spacial score (nSPS) is 10.4. The monoisotopic (exact) mass is 324 g/mol. The Hall–Kier alpha value is -0.970. The summed E-state index contributed by atoms with van der Waals surface area (Å²) in [6.07, 6.45) is 4.47. The highest BCUT2D eigenvalue weighted by atomic mass is 127. The first-order chi connectivity index (χ1) is 7.63. The first kappa shape index (κ1) is 11.5. The van der Waals surface area contributed by atoms with Crippen LogP contribution in [0.15, 0.2) is 30.6 Å². The molecule has 0 amide bonds. The molecule has 0 aliphatic heterocycles. The Morgan fingerprint density at radius 1 is 1.12 bits per heavy atom. The van der Waals surface area contributed by atoms with Crippen LogP contribution in [0, 0.1) is 17.4 Å². The Morgan fingerprint density at radius 2 is 1.94 bits per heavy atom. The Kier molecular flexibility index (Phi) is 3.53. The number of hydrogen-bond acceptors (Lipinski definition) is 2. The summed E-state index contributed by atoms with van der Waals surface area (Å²) in [4.78, 5) is 8.62. The smallest absolute Gasteiger partial charge is 0.0633 e. The van der Waals surface area contributed by atoms with Crippen molar-refractivity contribution in [3.05, 3.63) is 56.7 Å². The SMILES string of the molecule is Cc1cc(I)cc(Cc2cncc(C)n2)c1. The molecular formula is C13H13IN2. The second-order valence-electron chi connectivity index (χ2n) is 3.97. The third-order valence-corrected chi connectivity index (χ3v) is 2.91. The highest BCUT2D eigenvalue weighted by Gasteiger charge is 2.01. The zero-order chi connectivity index (χ0) is 11.5. The summed E-state index contributed by atoms with van der Waals surface area (Å²) < 4.78 is 1.27. The van der Waals surface area contributed by atoms with E-state index in [4.69, 9.17) is 0 Å². The van der Waals surface area contributed by atoms with Crippen molar-refractivity contribution in [2.75, 3.05) is 0 Å². The van der Waals surface area contributed by atoms with Crippen LogP contribution in [-0.2, 0) is 6.42 Å². The lowest BCUT2D eigenvalue weighted by molar-refractivity contribution is 0.990. The molecule has 1 aromatic heterocycles. The van der Waals surface area contributed by atoms with Crippen molar-refractivity contribution >= 4 is 22.6 Å². The van der Waals surface area contributed by atoms with Gasteiger partial charge in [0.15, 0.2) is 0 Å². The Morgan fingerprint density at radius 3 is 2.62 bits per heavy atom. The molecule has 0 spiro atoms. The molecule has 16 heavy (non-hydrogen) atoms. The molecule has 0 saturated carbocycles. The van der Waals surface area contributed by atoms with Crippen LogP contribution in [0.25, 0.3) is 0 Å². The lowest BCUT2D eigenvalue weighted by Crippen LogP contribution is -1.96. The fourth-order valence-corrected chi connectivity index (χ4v) is 2.62. The van der Waals surface area contributed by atoms with E-state index >= 15 is 0 Å². The highest BCUT2D eigenvalue weighted by molar-refractivity contribution is 14.1. The third-order valence-electron chi connectivity index (χ3n) is 2.29. The molecule has 1 aromatic carbocycles. The van der Waals surface area contributed by atoms with Crippen LogP contribution in [0.5, 0.6) is 0 Å². The summed E-state index contributed by atoms with van der Waals surface area (Å²) in [6.45, 7) is 4.09. The molecule has 2 nitrogen and oxygen atoms in total. The Balaban J connectivity index is 2.27. The molecule has 2 aromatic rings. The summed E-state index contributed by atoms with van der Waals surface area (Å²) in [5, 5.41) is 0. The van der Waals surface area contributed by atoms with E-state index in [1.165, 1.54) is 14.7 Å². The highest BCUT2D eigenvalue weighted by Crippen LogP contribution is 2.14. The standard InChI is InChI=1S/C13H13IN2/c1-9-3-11(5-12(14)4-9)6-13-8-15-7-10(2)16-13/h3-5,7-8H,6H2,1-2H3. The minimum absolute atomic E-state index is 0.854. The van der Waals surface area contributed by atoms with Gasteiger partial charge in [-0.25, -0.2) is 0 Å². The molecule has 1 heterocycles. The van der Waals surface area contributed by atoms with Gasteiger partial charge >= 0.3 is 0 Å². The van der Waals surface area contributed by atoms with Crippen LogP contribution in [0.3, 0.4) is 0 Å². The molecule has 0 fully saturated rings. The largest absolute Gasteiger partial charge is 0.261 e. The van der Waals surface area contributed by atoms with Gasteiger partial charge in [0.1, 0.15) is 0 Å². The fourth-order valence-electron chi connectivity index (χ4n) is 1.72. The van der Waals surface area contributed by atoms with Gasteiger partial charge in [0.2, 0.25) is 0 Å². The van der Waals surface area contributed by atoms with Gasteiger partial charge in [-0.2, -0.15) is 0 Å².